The van der Waals surface area contributed by atoms with E-state index < -0.39 is 0 Å². The summed E-state index contributed by atoms with van der Waals surface area (Å²) in [5.74, 6) is 1.56. The second-order valence-electron chi connectivity index (χ2n) is 4.60. The van der Waals surface area contributed by atoms with Crippen molar-refractivity contribution in [2.24, 2.45) is 12.0 Å². The lowest BCUT2D eigenvalue weighted by Crippen LogP contribution is -2.36. The van der Waals surface area contributed by atoms with Gasteiger partial charge in [-0.05, 0) is 13.8 Å². The van der Waals surface area contributed by atoms with Crippen LogP contribution in [0.2, 0.25) is 0 Å². The summed E-state index contributed by atoms with van der Waals surface area (Å²) in [5.41, 5.74) is 3.07. The van der Waals surface area contributed by atoms with Crippen molar-refractivity contribution in [2.75, 3.05) is 7.05 Å². The molecule has 21 heavy (non-hydrogen) atoms. The van der Waals surface area contributed by atoms with Crippen LogP contribution < -0.4 is 10.6 Å². The van der Waals surface area contributed by atoms with Crippen LogP contribution in [0.4, 0.5) is 0 Å². The molecule has 0 saturated carbocycles. The molecule has 0 aromatic carbocycles. The van der Waals surface area contributed by atoms with Crippen LogP contribution in [0.1, 0.15) is 22.6 Å². The van der Waals surface area contributed by atoms with E-state index in [-0.39, 0.29) is 24.0 Å². The van der Waals surface area contributed by atoms with Gasteiger partial charge in [0.15, 0.2) is 5.96 Å². The van der Waals surface area contributed by atoms with Crippen molar-refractivity contribution < 1.29 is 4.52 Å². The Morgan fingerprint density at radius 1 is 1.33 bits per heavy atom. The summed E-state index contributed by atoms with van der Waals surface area (Å²) in [7, 11) is 3.64. The van der Waals surface area contributed by atoms with Gasteiger partial charge in [-0.1, -0.05) is 5.16 Å². The van der Waals surface area contributed by atoms with Gasteiger partial charge in [0.1, 0.15) is 5.76 Å². The Morgan fingerprint density at radius 2 is 2.05 bits per heavy atom. The van der Waals surface area contributed by atoms with Gasteiger partial charge in [-0.25, -0.2) is 0 Å². The van der Waals surface area contributed by atoms with Gasteiger partial charge in [0.2, 0.25) is 0 Å². The van der Waals surface area contributed by atoms with E-state index in [1.54, 1.807) is 11.7 Å². The summed E-state index contributed by atoms with van der Waals surface area (Å²) in [6.07, 6.45) is 3.79. The number of hydrogen-bond acceptors (Lipinski definition) is 4. The minimum Gasteiger partial charge on any atom is -0.361 e. The van der Waals surface area contributed by atoms with E-state index in [4.69, 9.17) is 4.52 Å². The van der Waals surface area contributed by atoms with Gasteiger partial charge >= 0.3 is 0 Å². The Balaban J connectivity index is 0.00000220. The van der Waals surface area contributed by atoms with E-state index in [0.29, 0.717) is 13.1 Å². The fraction of sp³-hybridized carbons (Fsp3) is 0.462. The molecule has 0 aliphatic heterocycles. The van der Waals surface area contributed by atoms with Crippen LogP contribution in [-0.2, 0) is 20.1 Å². The topological polar surface area (TPSA) is 80.3 Å². The highest BCUT2D eigenvalue weighted by molar-refractivity contribution is 14.0. The predicted octanol–water partition coefficient (Wildman–Crippen LogP) is 1.51. The molecule has 0 fully saturated rings. The number of nitrogens with one attached hydrogen (secondary N) is 2. The van der Waals surface area contributed by atoms with Gasteiger partial charge in [0.05, 0.1) is 11.9 Å². The van der Waals surface area contributed by atoms with Gasteiger partial charge in [0, 0.05) is 44.5 Å². The van der Waals surface area contributed by atoms with Crippen LogP contribution in [0.3, 0.4) is 0 Å². The first-order valence-corrected chi connectivity index (χ1v) is 6.44. The minimum atomic E-state index is 0. The molecule has 116 valence electrons. The van der Waals surface area contributed by atoms with Crippen LogP contribution in [0.15, 0.2) is 21.9 Å². The summed E-state index contributed by atoms with van der Waals surface area (Å²) in [6, 6.07) is 0. The molecule has 0 radical (unpaired) electrons. The SMILES string of the molecule is CN=C(NCc1cnn(C)c1)NCc1c(C)noc1C.I. The number of nitrogens with zero attached hydrogens (tertiary/aromatic N) is 4. The number of halogens is 1. The molecule has 0 aliphatic carbocycles. The molecule has 0 atom stereocenters. The Bertz CT molecular complexity index is 584. The maximum Gasteiger partial charge on any atom is 0.191 e. The average Bonchev–Trinajstić information content (AvgIpc) is 2.98. The summed E-state index contributed by atoms with van der Waals surface area (Å²) in [4.78, 5) is 4.18. The standard InChI is InChI=1S/C13H20N6O.HI/c1-9-12(10(2)20-18-9)7-16-13(14-3)15-5-11-6-17-19(4)8-11;/h6,8H,5,7H2,1-4H3,(H2,14,15,16);1H. The van der Waals surface area contributed by atoms with E-state index in [0.717, 1.165) is 28.5 Å². The number of aryl methyl sites for hydroxylation is 3. The second kappa shape index (κ2) is 8.01. The van der Waals surface area contributed by atoms with Crippen molar-refractivity contribution in [1.29, 1.82) is 0 Å². The Kier molecular flexibility index (Phi) is 6.66. The molecule has 7 nitrogen and oxygen atoms in total. The molecular formula is C13H21IN6O. The number of aliphatic imine (C=N–C) groups is 1. The molecule has 2 rings (SSSR count). The van der Waals surface area contributed by atoms with Gasteiger partial charge in [-0.3, -0.25) is 9.67 Å². The van der Waals surface area contributed by atoms with E-state index in [2.05, 4.69) is 25.9 Å². The van der Waals surface area contributed by atoms with Crippen molar-refractivity contribution >= 4 is 29.9 Å². The molecular weight excluding hydrogens is 383 g/mol. The van der Waals surface area contributed by atoms with Gasteiger partial charge < -0.3 is 15.2 Å². The van der Waals surface area contributed by atoms with Crippen molar-refractivity contribution in [2.45, 2.75) is 26.9 Å². The first kappa shape index (κ1) is 17.5. The van der Waals surface area contributed by atoms with Gasteiger partial charge in [-0.15, -0.1) is 24.0 Å². The highest BCUT2D eigenvalue weighted by atomic mass is 127. The van der Waals surface area contributed by atoms with Crippen LogP contribution in [0.5, 0.6) is 0 Å². The molecule has 2 aromatic heterocycles. The van der Waals surface area contributed by atoms with Crippen LogP contribution in [-0.4, -0.2) is 27.9 Å². The second-order valence-corrected chi connectivity index (χ2v) is 4.60. The zero-order valence-corrected chi connectivity index (χ0v) is 15.0. The van der Waals surface area contributed by atoms with Crippen LogP contribution in [0, 0.1) is 13.8 Å². The fourth-order valence-corrected chi connectivity index (χ4v) is 1.90. The average molecular weight is 404 g/mol. The lowest BCUT2D eigenvalue weighted by Gasteiger charge is -2.10. The van der Waals surface area contributed by atoms with E-state index in [1.165, 1.54) is 0 Å². The number of hydrogen-bond donors (Lipinski definition) is 2. The quantitative estimate of drug-likeness (QED) is 0.459. The van der Waals surface area contributed by atoms with E-state index in [9.17, 15) is 0 Å². The first-order chi connectivity index (χ1) is 9.60. The van der Waals surface area contributed by atoms with E-state index in [1.807, 2.05) is 33.3 Å². The summed E-state index contributed by atoms with van der Waals surface area (Å²) >= 11 is 0. The van der Waals surface area contributed by atoms with E-state index >= 15 is 0 Å². The minimum absolute atomic E-state index is 0. The molecule has 2 heterocycles. The number of guanidine groups is 1. The van der Waals surface area contributed by atoms with Gasteiger partial charge in [0.25, 0.3) is 0 Å². The lowest BCUT2D eigenvalue weighted by molar-refractivity contribution is 0.392. The van der Waals surface area contributed by atoms with Crippen molar-refractivity contribution in [3.8, 4) is 0 Å². The van der Waals surface area contributed by atoms with Crippen molar-refractivity contribution in [3.63, 3.8) is 0 Å². The third kappa shape index (κ3) is 4.73. The Morgan fingerprint density at radius 3 is 2.57 bits per heavy atom. The third-order valence-electron chi connectivity index (χ3n) is 3.06. The molecule has 0 amide bonds. The molecule has 2 aromatic rings. The van der Waals surface area contributed by atoms with Crippen molar-refractivity contribution in [3.05, 3.63) is 35.0 Å². The van der Waals surface area contributed by atoms with Crippen LogP contribution >= 0.6 is 24.0 Å². The molecule has 0 unspecified atom stereocenters. The zero-order valence-electron chi connectivity index (χ0n) is 12.7. The maximum atomic E-state index is 5.13. The summed E-state index contributed by atoms with van der Waals surface area (Å²) in [6.45, 7) is 5.14. The largest absolute Gasteiger partial charge is 0.361 e. The molecule has 0 aliphatic rings. The highest BCUT2D eigenvalue weighted by Gasteiger charge is 2.09. The third-order valence-corrected chi connectivity index (χ3v) is 3.06. The van der Waals surface area contributed by atoms with Gasteiger partial charge in [-0.2, -0.15) is 5.10 Å². The predicted molar refractivity (Wildman–Crippen MR) is 91.6 cm³/mol. The fourth-order valence-electron chi connectivity index (χ4n) is 1.90. The highest BCUT2D eigenvalue weighted by Crippen LogP contribution is 2.11. The monoisotopic (exact) mass is 404 g/mol. The normalized spacial score (nSPS) is 11.1. The van der Waals surface area contributed by atoms with Crippen molar-refractivity contribution in [1.82, 2.24) is 25.6 Å². The molecule has 0 spiro atoms. The smallest absolute Gasteiger partial charge is 0.191 e. The lowest BCUT2D eigenvalue weighted by atomic mass is 10.2. The number of aromatic nitrogens is 3. The summed E-state index contributed by atoms with van der Waals surface area (Å²) in [5, 5.41) is 14.5. The Hall–Kier alpha value is -1.58. The maximum absolute atomic E-state index is 5.13. The molecule has 2 N–H and O–H groups in total. The molecule has 8 heteroatoms. The van der Waals surface area contributed by atoms with Crippen LogP contribution in [0.25, 0.3) is 0 Å². The molecule has 0 saturated heterocycles. The summed E-state index contributed by atoms with van der Waals surface area (Å²) < 4.78 is 6.91. The Labute approximate surface area is 141 Å². The first-order valence-electron chi connectivity index (χ1n) is 6.44. The number of rotatable bonds is 4. The molecule has 0 bridgehead atoms. The zero-order chi connectivity index (χ0) is 14.5.